The Morgan fingerprint density at radius 2 is 1.42 bits per heavy atom. The molecule has 0 amide bonds. The summed E-state index contributed by atoms with van der Waals surface area (Å²) in [6.45, 7) is 0. The summed E-state index contributed by atoms with van der Waals surface area (Å²) in [5.74, 6) is 0. The second-order valence-electron chi connectivity index (χ2n) is 4.25. The minimum atomic E-state index is -6.26. The molecule has 0 unspecified atom stereocenters. The molecular formula is C12H6Cl2F7IN2. The number of nitrogens with zero attached hydrogens (tertiary/aromatic N) is 1. The summed E-state index contributed by atoms with van der Waals surface area (Å²) in [6, 6.07) is 0.361. The lowest BCUT2D eigenvalue weighted by molar-refractivity contribution is -0.348. The van der Waals surface area contributed by atoms with Gasteiger partial charge in [0.05, 0.1) is 10.0 Å². The largest absolute Gasteiger partial charge is 0.435 e. The molecule has 0 heterocycles. The van der Waals surface area contributed by atoms with Crippen molar-refractivity contribution in [3.8, 4) is 0 Å². The molecule has 2 nitrogen and oxygen atoms in total. The van der Waals surface area contributed by atoms with Gasteiger partial charge < -0.3 is 5.73 Å². The van der Waals surface area contributed by atoms with E-state index in [4.69, 9.17) is 28.9 Å². The lowest BCUT2D eigenvalue weighted by Gasteiger charge is -2.30. The van der Waals surface area contributed by atoms with Crippen molar-refractivity contribution in [2.24, 2.45) is 10.7 Å². The third-order valence-corrected chi connectivity index (χ3v) is 3.89. The first-order valence-electron chi connectivity index (χ1n) is 5.69. The van der Waals surface area contributed by atoms with Gasteiger partial charge in [0.15, 0.2) is 0 Å². The zero-order chi connectivity index (χ0) is 18.9. The maximum absolute atomic E-state index is 14.0. The normalized spacial score (nSPS) is 14.5. The van der Waals surface area contributed by atoms with Gasteiger partial charge in [0, 0.05) is 21.6 Å². The third kappa shape index (κ3) is 4.07. The summed E-state index contributed by atoms with van der Waals surface area (Å²) < 4.78 is 90.6. The molecule has 0 fully saturated rings. The molecule has 0 spiro atoms. The highest BCUT2D eigenvalue weighted by Gasteiger charge is 2.73. The maximum atomic E-state index is 14.0. The molecule has 0 saturated heterocycles. The Bertz CT molecular complexity index is 646. The highest BCUT2D eigenvalue weighted by atomic mass is 127. The third-order valence-electron chi connectivity index (χ3n) is 2.67. The van der Waals surface area contributed by atoms with Crippen LogP contribution in [0.25, 0.3) is 0 Å². The Hall–Kier alpha value is -0.750. The van der Waals surface area contributed by atoms with Crippen LogP contribution in [0.4, 0.5) is 36.4 Å². The zero-order valence-corrected chi connectivity index (χ0v) is 14.8. The number of benzene rings is 1. The molecular weight excluding hydrogens is 503 g/mol. The van der Waals surface area contributed by atoms with Crippen molar-refractivity contribution in [1.82, 2.24) is 0 Å². The molecule has 134 valence electrons. The fourth-order valence-corrected chi connectivity index (χ4v) is 2.27. The van der Waals surface area contributed by atoms with Gasteiger partial charge in [-0.1, -0.05) is 23.2 Å². The van der Waals surface area contributed by atoms with Gasteiger partial charge in [-0.2, -0.15) is 26.3 Å². The molecule has 2 N–H and O–H groups in total. The standard InChI is InChI=1S/C12H6Cl2F7IN2/c13-7-1-5(10(15,11(16,17)18)12(19,20)21)2-8(14)9(7)24-4-6(22)3-23/h1-4H,23H2. The minimum Gasteiger partial charge on any atom is -0.404 e. The lowest BCUT2D eigenvalue weighted by Crippen LogP contribution is -2.50. The van der Waals surface area contributed by atoms with Crippen LogP contribution in [0, 0.1) is 0 Å². The van der Waals surface area contributed by atoms with Gasteiger partial charge in [0.2, 0.25) is 0 Å². The van der Waals surface area contributed by atoms with E-state index in [9.17, 15) is 30.7 Å². The van der Waals surface area contributed by atoms with Crippen LogP contribution in [0.15, 0.2) is 26.9 Å². The first-order chi connectivity index (χ1) is 10.8. The summed E-state index contributed by atoms with van der Waals surface area (Å²) in [5, 5.41) is -1.38. The molecule has 0 aliphatic rings. The first-order valence-corrected chi connectivity index (χ1v) is 7.52. The van der Waals surface area contributed by atoms with E-state index in [-0.39, 0.29) is 17.8 Å². The quantitative estimate of drug-likeness (QED) is 0.294. The fourth-order valence-electron chi connectivity index (χ4n) is 1.55. The summed E-state index contributed by atoms with van der Waals surface area (Å²) >= 11 is 13.0. The van der Waals surface area contributed by atoms with Gasteiger partial charge in [0.25, 0.3) is 0 Å². The number of hydrogen-bond donors (Lipinski definition) is 1. The number of rotatable bonds is 3. The summed E-state index contributed by atoms with van der Waals surface area (Å²) in [7, 11) is 0. The van der Waals surface area contributed by atoms with Crippen LogP contribution in [0.1, 0.15) is 5.56 Å². The minimum absolute atomic E-state index is 0.181. The fraction of sp³-hybridized carbons (Fsp3) is 0.250. The number of halogens is 10. The Labute approximate surface area is 154 Å². The zero-order valence-electron chi connectivity index (χ0n) is 11.1. The number of alkyl halides is 7. The topological polar surface area (TPSA) is 38.4 Å². The predicted molar refractivity (Wildman–Crippen MR) is 85.8 cm³/mol. The van der Waals surface area contributed by atoms with E-state index in [0.29, 0.717) is 3.58 Å². The van der Waals surface area contributed by atoms with Crippen molar-refractivity contribution in [1.29, 1.82) is 0 Å². The number of allylic oxidation sites excluding steroid dienone is 1. The molecule has 0 aliphatic heterocycles. The molecule has 0 atom stereocenters. The molecule has 0 bridgehead atoms. The number of aliphatic imine (C=N–C) groups is 1. The predicted octanol–water partition coefficient (Wildman–Crippen LogP) is 6.22. The second-order valence-corrected chi connectivity index (χ2v) is 6.31. The molecule has 1 rings (SSSR count). The van der Waals surface area contributed by atoms with Crippen LogP contribution >= 0.6 is 45.8 Å². The van der Waals surface area contributed by atoms with Gasteiger partial charge in [-0.05, 0) is 34.7 Å². The molecule has 0 radical (unpaired) electrons. The molecule has 12 heteroatoms. The van der Waals surface area contributed by atoms with E-state index >= 15 is 0 Å². The van der Waals surface area contributed by atoms with E-state index < -0.39 is 33.6 Å². The van der Waals surface area contributed by atoms with Crippen LogP contribution in [0.5, 0.6) is 0 Å². The summed E-state index contributed by atoms with van der Waals surface area (Å²) in [4.78, 5) is 3.69. The van der Waals surface area contributed by atoms with Crippen molar-refractivity contribution in [2.75, 3.05) is 0 Å². The van der Waals surface area contributed by atoms with Crippen molar-refractivity contribution in [3.05, 3.63) is 37.5 Å². The molecule has 1 aromatic carbocycles. The Kier molecular flexibility index (Phi) is 6.42. The van der Waals surface area contributed by atoms with Gasteiger partial charge in [-0.15, -0.1) is 0 Å². The molecule has 0 aliphatic carbocycles. The van der Waals surface area contributed by atoms with Crippen molar-refractivity contribution >= 4 is 57.7 Å². The van der Waals surface area contributed by atoms with E-state index in [1.165, 1.54) is 0 Å². The smallest absolute Gasteiger partial charge is 0.404 e. The molecule has 24 heavy (non-hydrogen) atoms. The van der Waals surface area contributed by atoms with Crippen molar-refractivity contribution in [2.45, 2.75) is 18.0 Å². The average molecular weight is 509 g/mol. The summed E-state index contributed by atoms with van der Waals surface area (Å²) in [6.07, 6.45) is -10.3. The van der Waals surface area contributed by atoms with Crippen molar-refractivity contribution in [3.63, 3.8) is 0 Å². The Morgan fingerprint density at radius 3 is 1.75 bits per heavy atom. The second kappa shape index (κ2) is 7.24. The van der Waals surface area contributed by atoms with Crippen LogP contribution < -0.4 is 5.73 Å². The van der Waals surface area contributed by atoms with Crippen molar-refractivity contribution < 1.29 is 30.7 Å². The molecule has 0 saturated carbocycles. The number of nitrogens with two attached hydrogens (primary N) is 1. The number of hydrogen-bond acceptors (Lipinski definition) is 2. The van der Waals surface area contributed by atoms with Gasteiger partial charge in [0.1, 0.15) is 5.69 Å². The van der Waals surface area contributed by atoms with Crippen LogP contribution in [0.2, 0.25) is 10.0 Å². The molecule has 0 aromatic heterocycles. The monoisotopic (exact) mass is 508 g/mol. The Morgan fingerprint density at radius 1 is 1.00 bits per heavy atom. The average Bonchev–Trinajstić information content (AvgIpc) is 2.42. The van der Waals surface area contributed by atoms with Gasteiger partial charge >= 0.3 is 18.0 Å². The van der Waals surface area contributed by atoms with E-state index in [1.54, 1.807) is 22.6 Å². The van der Waals surface area contributed by atoms with Gasteiger partial charge in [-0.25, -0.2) is 4.39 Å². The Balaban J connectivity index is 3.56. The lowest BCUT2D eigenvalue weighted by atomic mass is 9.94. The highest BCUT2D eigenvalue weighted by molar-refractivity contribution is 14.1. The first kappa shape index (κ1) is 21.3. The van der Waals surface area contributed by atoms with E-state index in [0.717, 1.165) is 12.4 Å². The van der Waals surface area contributed by atoms with Gasteiger partial charge in [-0.3, -0.25) is 4.99 Å². The van der Waals surface area contributed by atoms with Crippen LogP contribution in [-0.2, 0) is 5.67 Å². The van der Waals surface area contributed by atoms with Crippen LogP contribution in [-0.4, -0.2) is 18.6 Å². The van der Waals surface area contributed by atoms with E-state index in [1.807, 2.05) is 0 Å². The van der Waals surface area contributed by atoms with E-state index in [2.05, 4.69) is 4.99 Å². The molecule has 1 aromatic rings. The highest BCUT2D eigenvalue weighted by Crippen LogP contribution is 2.54. The summed E-state index contributed by atoms with van der Waals surface area (Å²) in [5.41, 5.74) is -2.58. The SMILES string of the molecule is NC=C(I)C=Nc1c(Cl)cc(C(F)(C(F)(F)F)C(F)(F)F)cc1Cl. The maximum Gasteiger partial charge on any atom is 0.435 e. The van der Waals surface area contributed by atoms with Crippen LogP contribution in [0.3, 0.4) is 0 Å².